The predicted octanol–water partition coefficient (Wildman–Crippen LogP) is 4.47. The van der Waals surface area contributed by atoms with Crippen molar-refractivity contribution in [3.8, 4) is 10.6 Å². The van der Waals surface area contributed by atoms with Gasteiger partial charge in [0.1, 0.15) is 5.01 Å². The lowest BCUT2D eigenvalue weighted by molar-refractivity contribution is 0.885. The smallest absolute Gasteiger partial charge is 0.256 e. The van der Waals surface area contributed by atoms with E-state index in [2.05, 4.69) is 51.8 Å². The molecule has 0 atom stereocenters. The summed E-state index contributed by atoms with van der Waals surface area (Å²) >= 11 is 3.31. The lowest BCUT2D eigenvalue weighted by Gasteiger charge is -2.03. The van der Waals surface area contributed by atoms with Gasteiger partial charge in [-0.15, -0.1) is 21.5 Å². The van der Waals surface area contributed by atoms with Crippen molar-refractivity contribution in [3.63, 3.8) is 0 Å². The topological polar surface area (TPSA) is 56.0 Å². The van der Waals surface area contributed by atoms with Crippen LogP contribution >= 0.6 is 23.1 Å². The Morgan fingerprint density at radius 1 is 1.04 bits per heavy atom. The molecule has 0 bridgehead atoms. The number of thiazole rings is 1. The summed E-state index contributed by atoms with van der Waals surface area (Å²) in [5, 5.41) is 12.5. The largest absolute Gasteiger partial charge is 0.259 e. The number of rotatable bonds is 4. The Kier molecular flexibility index (Phi) is 4.27. The maximum absolute atomic E-state index is 4.75. The number of hydrogen-bond acceptors (Lipinski definition) is 6. The van der Waals surface area contributed by atoms with E-state index in [9.17, 15) is 0 Å². The van der Waals surface area contributed by atoms with E-state index in [0.29, 0.717) is 5.78 Å². The van der Waals surface area contributed by atoms with Crippen LogP contribution in [0.25, 0.3) is 16.3 Å². The molecule has 126 valence electrons. The molecule has 4 rings (SSSR count). The predicted molar refractivity (Wildman–Crippen MR) is 102 cm³/mol. The van der Waals surface area contributed by atoms with Gasteiger partial charge in [-0.2, -0.15) is 0 Å². The highest BCUT2D eigenvalue weighted by Crippen LogP contribution is 2.28. The Hall–Kier alpha value is -2.25. The van der Waals surface area contributed by atoms with Crippen molar-refractivity contribution >= 4 is 28.9 Å². The summed E-state index contributed by atoms with van der Waals surface area (Å²) in [5.41, 5.74) is 5.52. The van der Waals surface area contributed by atoms with Crippen LogP contribution in [-0.2, 0) is 5.75 Å². The van der Waals surface area contributed by atoms with Crippen LogP contribution in [0.1, 0.15) is 22.6 Å². The first-order chi connectivity index (χ1) is 12.1. The highest BCUT2D eigenvalue weighted by atomic mass is 32.2. The summed E-state index contributed by atoms with van der Waals surface area (Å²) in [7, 11) is 0. The van der Waals surface area contributed by atoms with Gasteiger partial charge in [0.25, 0.3) is 5.78 Å². The molecule has 4 aromatic rings. The van der Waals surface area contributed by atoms with Crippen molar-refractivity contribution in [3.05, 3.63) is 58.4 Å². The van der Waals surface area contributed by atoms with E-state index < -0.39 is 0 Å². The quantitative estimate of drug-likeness (QED) is 0.498. The van der Waals surface area contributed by atoms with Crippen molar-refractivity contribution < 1.29 is 0 Å². The number of nitrogens with zero attached hydrogens (tertiary/aromatic N) is 5. The summed E-state index contributed by atoms with van der Waals surface area (Å²) in [6.07, 6.45) is 0. The van der Waals surface area contributed by atoms with Crippen molar-refractivity contribution in [2.24, 2.45) is 0 Å². The molecule has 3 aromatic heterocycles. The first-order valence-electron chi connectivity index (χ1n) is 7.94. The maximum atomic E-state index is 4.75. The molecular weight excluding hydrogens is 350 g/mol. The first-order valence-corrected chi connectivity index (χ1v) is 9.80. The zero-order valence-electron chi connectivity index (χ0n) is 14.2. The van der Waals surface area contributed by atoms with Gasteiger partial charge in [-0.3, -0.25) is 4.40 Å². The lowest BCUT2D eigenvalue weighted by atomic mass is 10.2. The fourth-order valence-corrected chi connectivity index (χ4v) is 4.44. The molecule has 0 aliphatic carbocycles. The Labute approximate surface area is 154 Å². The standard InChI is InChI=1S/C18H17N5S2/c1-11-4-6-14(7-5-11)16-20-15(9-24-16)10-25-18-22-21-17-19-12(2)8-13(3)23(17)18/h4-9H,10H2,1-3H3. The molecule has 25 heavy (non-hydrogen) atoms. The van der Waals surface area contributed by atoms with E-state index in [1.165, 1.54) is 5.56 Å². The molecular formula is C18H17N5S2. The molecule has 0 saturated carbocycles. The maximum Gasteiger partial charge on any atom is 0.256 e. The second-order valence-electron chi connectivity index (χ2n) is 5.96. The summed E-state index contributed by atoms with van der Waals surface area (Å²) in [4.78, 5) is 9.18. The van der Waals surface area contributed by atoms with Crippen LogP contribution in [0.5, 0.6) is 0 Å². The zero-order valence-corrected chi connectivity index (χ0v) is 15.9. The number of benzene rings is 1. The van der Waals surface area contributed by atoms with Gasteiger partial charge in [0.2, 0.25) is 0 Å². The number of hydrogen-bond donors (Lipinski definition) is 0. The number of aromatic nitrogens is 5. The second-order valence-corrected chi connectivity index (χ2v) is 7.76. The van der Waals surface area contributed by atoms with Crippen molar-refractivity contribution in [2.45, 2.75) is 31.7 Å². The molecule has 0 N–H and O–H groups in total. The van der Waals surface area contributed by atoms with Gasteiger partial charge in [-0.1, -0.05) is 41.6 Å². The SMILES string of the molecule is Cc1ccc(-c2nc(CSc3nnc4nc(C)cc(C)n34)cs2)cc1. The number of aryl methyl sites for hydroxylation is 3. The molecule has 0 aliphatic heterocycles. The summed E-state index contributed by atoms with van der Waals surface area (Å²) < 4.78 is 1.99. The van der Waals surface area contributed by atoms with E-state index in [-0.39, 0.29) is 0 Å². The van der Waals surface area contributed by atoms with Crippen LogP contribution < -0.4 is 0 Å². The lowest BCUT2D eigenvalue weighted by Crippen LogP contribution is -1.97. The molecule has 5 nitrogen and oxygen atoms in total. The monoisotopic (exact) mass is 367 g/mol. The van der Waals surface area contributed by atoms with E-state index in [4.69, 9.17) is 4.98 Å². The third kappa shape index (κ3) is 3.29. The van der Waals surface area contributed by atoms with Crippen molar-refractivity contribution in [1.82, 2.24) is 24.6 Å². The van der Waals surface area contributed by atoms with E-state index >= 15 is 0 Å². The Morgan fingerprint density at radius 3 is 2.64 bits per heavy atom. The highest BCUT2D eigenvalue weighted by Gasteiger charge is 2.12. The minimum atomic E-state index is 0.652. The van der Waals surface area contributed by atoms with Crippen LogP contribution in [-0.4, -0.2) is 24.6 Å². The van der Waals surface area contributed by atoms with E-state index in [1.807, 2.05) is 24.3 Å². The highest BCUT2D eigenvalue weighted by molar-refractivity contribution is 7.98. The van der Waals surface area contributed by atoms with E-state index in [1.54, 1.807) is 23.1 Å². The summed E-state index contributed by atoms with van der Waals surface area (Å²) in [5.74, 6) is 1.41. The van der Waals surface area contributed by atoms with Gasteiger partial charge >= 0.3 is 0 Å². The van der Waals surface area contributed by atoms with Crippen molar-refractivity contribution in [2.75, 3.05) is 0 Å². The van der Waals surface area contributed by atoms with Crippen LogP contribution in [0.2, 0.25) is 0 Å². The molecule has 0 saturated heterocycles. The van der Waals surface area contributed by atoms with Crippen LogP contribution in [0.15, 0.2) is 40.9 Å². The third-order valence-corrected chi connectivity index (χ3v) is 5.77. The van der Waals surface area contributed by atoms with Crippen molar-refractivity contribution in [1.29, 1.82) is 0 Å². The van der Waals surface area contributed by atoms with Gasteiger partial charge < -0.3 is 0 Å². The van der Waals surface area contributed by atoms with Gasteiger partial charge in [0.05, 0.1) is 5.69 Å². The fraction of sp³-hybridized carbons (Fsp3) is 0.222. The number of thioether (sulfide) groups is 1. The molecule has 0 amide bonds. The van der Waals surface area contributed by atoms with Gasteiger partial charge in [-0.05, 0) is 26.8 Å². The third-order valence-electron chi connectivity index (χ3n) is 3.86. The average molecular weight is 368 g/mol. The number of fused-ring (bicyclic) bond motifs is 1. The fourth-order valence-electron chi connectivity index (χ4n) is 2.63. The molecule has 0 aliphatic rings. The van der Waals surface area contributed by atoms with Crippen LogP contribution in [0.4, 0.5) is 0 Å². The minimum absolute atomic E-state index is 0.652. The molecule has 7 heteroatoms. The Bertz CT molecular complexity index is 1030. The van der Waals surface area contributed by atoms with Gasteiger partial charge in [0, 0.05) is 28.1 Å². The molecule has 0 unspecified atom stereocenters. The first kappa shape index (κ1) is 16.2. The Balaban J connectivity index is 1.53. The molecule has 0 fully saturated rings. The molecule has 1 aromatic carbocycles. The molecule has 0 radical (unpaired) electrons. The normalized spacial score (nSPS) is 11.3. The second kappa shape index (κ2) is 6.57. The van der Waals surface area contributed by atoms with Crippen LogP contribution in [0.3, 0.4) is 0 Å². The van der Waals surface area contributed by atoms with Gasteiger partial charge in [-0.25, -0.2) is 9.97 Å². The summed E-state index contributed by atoms with van der Waals surface area (Å²) in [6, 6.07) is 10.5. The minimum Gasteiger partial charge on any atom is -0.259 e. The Morgan fingerprint density at radius 2 is 1.84 bits per heavy atom. The zero-order chi connectivity index (χ0) is 17.4. The molecule has 3 heterocycles. The molecule has 0 spiro atoms. The summed E-state index contributed by atoms with van der Waals surface area (Å²) in [6.45, 7) is 6.11. The van der Waals surface area contributed by atoms with E-state index in [0.717, 1.165) is 38.6 Å². The van der Waals surface area contributed by atoms with Gasteiger partial charge in [0.15, 0.2) is 5.16 Å². The average Bonchev–Trinajstić information content (AvgIpc) is 3.20. The van der Waals surface area contributed by atoms with Crippen LogP contribution in [0, 0.1) is 20.8 Å².